The fraction of sp³-hybridized carbons (Fsp3) is 0.333. The van der Waals surface area contributed by atoms with Crippen molar-refractivity contribution in [2.75, 3.05) is 5.32 Å². The van der Waals surface area contributed by atoms with Crippen molar-refractivity contribution in [3.63, 3.8) is 0 Å². The minimum atomic E-state index is 0.251. The van der Waals surface area contributed by atoms with E-state index in [1.807, 2.05) is 0 Å². The van der Waals surface area contributed by atoms with E-state index in [2.05, 4.69) is 41.5 Å². The van der Waals surface area contributed by atoms with Crippen LogP contribution in [0.1, 0.15) is 16.7 Å². The molecular formula is C12H13Cl2N3S. The molecule has 0 aliphatic carbocycles. The second-order valence-electron chi connectivity index (χ2n) is 4.13. The molecule has 96 valence electrons. The number of rotatable bonds is 4. The highest BCUT2D eigenvalue weighted by Gasteiger charge is 2.09. The van der Waals surface area contributed by atoms with Crippen LogP contribution in [0, 0.1) is 6.92 Å². The second kappa shape index (κ2) is 5.87. The molecule has 1 N–H and O–H groups in total. The van der Waals surface area contributed by atoms with Crippen LogP contribution >= 0.6 is 34.5 Å². The Morgan fingerprint density at radius 3 is 2.78 bits per heavy atom. The summed E-state index contributed by atoms with van der Waals surface area (Å²) >= 11 is 13.6. The maximum atomic E-state index is 5.96. The van der Waals surface area contributed by atoms with Crippen molar-refractivity contribution in [1.29, 1.82) is 0 Å². The molecule has 6 heteroatoms. The molecular weight excluding hydrogens is 289 g/mol. The van der Waals surface area contributed by atoms with E-state index in [0.29, 0.717) is 10.3 Å². The Labute approximate surface area is 120 Å². The zero-order valence-electron chi connectivity index (χ0n) is 10.1. The molecule has 0 aliphatic heterocycles. The second-order valence-corrected chi connectivity index (χ2v) is 6.25. The van der Waals surface area contributed by atoms with Crippen molar-refractivity contribution < 1.29 is 0 Å². The molecule has 2 heterocycles. The lowest BCUT2D eigenvalue weighted by atomic mass is 10.2. The van der Waals surface area contributed by atoms with Crippen LogP contribution < -0.4 is 5.32 Å². The van der Waals surface area contributed by atoms with Gasteiger partial charge in [0.05, 0.1) is 5.69 Å². The molecule has 2 aromatic rings. The molecule has 0 saturated heterocycles. The van der Waals surface area contributed by atoms with Crippen LogP contribution in [0.25, 0.3) is 0 Å². The number of anilines is 1. The normalized spacial score (nSPS) is 12.4. The molecule has 0 bridgehead atoms. The monoisotopic (exact) mass is 301 g/mol. The van der Waals surface area contributed by atoms with Crippen molar-refractivity contribution >= 4 is 40.2 Å². The minimum absolute atomic E-state index is 0.251. The first-order valence-corrected chi connectivity index (χ1v) is 7.12. The summed E-state index contributed by atoms with van der Waals surface area (Å²) in [6.45, 7) is 4.20. The van der Waals surface area contributed by atoms with Crippen LogP contribution in [-0.2, 0) is 6.42 Å². The minimum Gasteiger partial charge on any atom is -0.380 e. The van der Waals surface area contributed by atoms with Crippen LogP contribution in [0.5, 0.6) is 0 Å². The molecule has 0 spiro atoms. The first kappa shape index (κ1) is 13.6. The molecule has 0 radical (unpaired) electrons. The quantitative estimate of drug-likeness (QED) is 0.920. The van der Waals surface area contributed by atoms with Crippen molar-refractivity contribution in [2.24, 2.45) is 0 Å². The maximum absolute atomic E-state index is 5.96. The topological polar surface area (TPSA) is 37.8 Å². The summed E-state index contributed by atoms with van der Waals surface area (Å²) in [5.74, 6) is 0. The molecule has 0 aromatic carbocycles. The fourth-order valence-electron chi connectivity index (χ4n) is 1.67. The predicted molar refractivity (Wildman–Crippen MR) is 77.9 cm³/mol. The van der Waals surface area contributed by atoms with Gasteiger partial charge in [0, 0.05) is 28.3 Å². The van der Waals surface area contributed by atoms with Gasteiger partial charge in [0.15, 0.2) is 10.3 Å². The smallest absolute Gasteiger partial charge is 0.174 e. The van der Waals surface area contributed by atoms with Gasteiger partial charge in [0.25, 0.3) is 0 Å². The number of hydrogen-bond acceptors (Lipinski definition) is 4. The van der Waals surface area contributed by atoms with Gasteiger partial charge in [-0.1, -0.05) is 23.2 Å². The van der Waals surface area contributed by atoms with E-state index >= 15 is 0 Å². The molecule has 0 aliphatic rings. The summed E-state index contributed by atoms with van der Waals surface area (Å²) < 4.78 is 0. The van der Waals surface area contributed by atoms with Gasteiger partial charge in [-0.2, -0.15) is 0 Å². The van der Waals surface area contributed by atoms with E-state index < -0.39 is 0 Å². The van der Waals surface area contributed by atoms with E-state index in [4.69, 9.17) is 23.2 Å². The maximum Gasteiger partial charge on any atom is 0.174 e. The van der Waals surface area contributed by atoms with Gasteiger partial charge >= 0.3 is 0 Å². The summed E-state index contributed by atoms with van der Waals surface area (Å²) in [6, 6.07) is 6.22. The first-order chi connectivity index (χ1) is 8.54. The lowest BCUT2D eigenvalue weighted by Crippen LogP contribution is -2.18. The first-order valence-electron chi connectivity index (χ1n) is 5.55. The van der Waals surface area contributed by atoms with E-state index in [1.165, 1.54) is 9.75 Å². The lowest BCUT2D eigenvalue weighted by molar-refractivity contribution is 0.798. The van der Waals surface area contributed by atoms with Gasteiger partial charge in [-0.3, -0.25) is 0 Å². The van der Waals surface area contributed by atoms with Crippen LogP contribution in [0.3, 0.4) is 0 Å². The summed E-state index contributed by atoms with van der Waals surface area (Å²) in [5.41, 5.74) is 0.720. The third-order valence-corrected chi connectivity index (χ3v) is 3.91. The lowest BCUT2D eigenvalue weighted by Gasteiger charge is -2.14. The molecule has 1 unspecified atom stereocenters. The van der Waals surface area contributed by atoms with Crippen LogP contribution in [0.2, 0.25) is 10.3 Å². The van der Waals surface area contributed by atoms with Gasteiger partial charge in [-0.15, -0.1) is 21.5 Å². The molecule has 0 amide bonds. The van der Waals surface area contributed by atoms with E-state index in [9.17, 15) is 0 Å². The van der Waals surface area contributed by atoms with Gasteiger partial charge in [-0.25, -0.2) is 0 Å². The highest BCUT2D eigenvalue weighted by Crippen LogP contribution is 2.23. The predicted octanol–water partition coefficient (Wildman–Crippen LogP) is 4.20. The Morgan fingerprint density at radius 2 is 2.11 bits per heavy atom. The number of hydrogen-bond donors (Lipinski definition) is 1. The van der Waals surface area contributed by atoms with E-state index in [0.717, 1.165) is 12.1 Å². The van der Waals surface area contributed by atoms with Gasteiger partial charge in [0.2, 0.25) is 0 Å². The highest BCUT2D eigenvalue weighted by molar-refractivity contribution is 7.11. The number of halogens is 2. The molecule has 2 aromatic heterocycles. The largest absolute Gasteiger partial charge is 0.380 e. The van der Waals surface area contributed by atoms with Crippen molar-refractivity contribution in [2.45, 2.75) is 26.3 Å². The molecule has 3 nitrogen and oxygen atoms in total. The zero-order valence-corrected chi connectivity index (χ0v) is 12.4. The standard InChI is InChI=1S/C12H13Cl2N3S/c1-7(5-9-4-3-8(2)18-9)15-10-6-11(13)16-17-12(10)14/h3-4,6-7H,5H2,1-2H3,(H,15,16). The van der Waals surface area contributed by atoms with Gasteiger partial charge < -0.3 is 5.32 Å². The molecule has 0 fully saturated rings. The van der Waals surface area contributed by atoms with E-state index in [-0.39, 0.29) is 6.04 Å². The Hall–Kier alpha value is -0.840. The summed E-state index contributed by atoms with van der Waals surface area (Å²) in [7, 11) is 0. The van der Waals surface area contributed by atoms with Crippen LogP contribution in [0.4, 0.5) is 5.69 Å². The van der Waals surface area contributed by atoms with E-state index in [1.54, 1.807) is 17.4 Å². The number of aryl methyl sites for hydroxylation is 1. The van der Waals surface area contributed by atoms with Crippen molar-refractivity contribution in [1.82, 2.24) is 10.2 Å². The zero-order chi connectivity index (χ0) is 13.1. The Balaban J connectivity index is 2.02. The summed E-state index contributed by atoms with van der Waals surface area (Å²) in [4.78, 5) is 2.67. The fourth-order valence-corrected chi connectivity index (χ4v) is 2.98. The SMILES string of the molecule is Cc1ccc(CC(C)Nc2cc(Cl)nnc2Cl)s1. The Kier molecular flexibility index (Phi) is 4.43. The Morgan fingerprint density at radius 1 is 1.33 bits per heavy atom. The van der Waals surface area contributed by atoms with Crippen LogP contribution in [0.15, 0.2) is 18.2 Å². The molecule has 1 atom stereocenters. The molecule has 2 rings (SSSR count). The average molecular weight is 302 g/mol. The van der Waals surface area contributed by atoms with Crippen molar-refractivity contribution in [3.05, 3.63) is 38.3 Å². The number of nitrogens with zero attached hydrogens (tertiary/aromatic N) is 2. The summed E-state index contributed by atoms with van der Waals surface area (Å²) in [5, 5.41) is 11.4. The highest BCUT2D eigenvalue weighted by atomic mass is 35.5. The number of thiophene rings is 1. The Bertz CT molecular complexity index is 542. The third-order valence-electron chi connectivity index (χ3n) is 2.42. The van der Waals surface area contributed by atoms with Crippen LogP contribution in [-0.4, -0.2) is 16.2 Å². The number of aromatic nitrogens is 2. The molecule has 18 heavy (non-hydrogen) atoms. The summed E-state index contributed by atoms with van der Waals surface area (Å²) in [6.07, 6.45) is 0.939. The molecule has 0 saturated carbocycles. The average Bonchev–Trinajstić information content (AvgIpc) is 2.69. The van der Waals surface area contributed by atoms with Gasteiger partial charge in [0.1, 0.15) is 0 Å². The van der Waals surface area contributed by atoms with Gasteiger partial charge in [-0.05, 0) is 26.0 Å². The third kappa shape index (κ3) is 3.57. The number of nitrogens with one attached hydrogen (secondary N) is 1. The van der Waals surface area contributed by atoms with Crippen molar-refractivity contribution in [3.8, 4) is 0 Å².